The van der Waals surface area contributed by atoms with Gasteiger partial charge in [-0.05, 0) is 32.9 Å². The predicted molar refractivity (Wildman–Crippen MR) is 88.5 cm³/mol. The Labute approximate surface area is 142 Å². The zero-order valence-corrected chi connectivity index (χ0v) is 15.4. The summed E-state index contributed by atoms with van der Waals surface area (Å²) < 4.78 is 32.4. The molecule has 0 spiro atoms. The molecule has 1 aromatic rings. The fourth-order valence-corrected chi connectivity index (χ4v) is 3.00. The third kappa shape index (κ3) is 7.40. The average molecular weight is 360 g/mol. The molecule has 0 aliphatic rings. The van der Waals surface area contributed by atoms with E-state index in [1.807, 2.05) is 18.2 Å². The molecule has 0 saturated heterocycles. The Balaban J connectivity index is 2.45. The molecule has 1 rings (SSSR count). The first-order valence-electron chi connectivity index (χ1n) is 7.79. The number of amides is 1. The SMILES string of the molecule is CCOP(=O)(OCC)OC(C)OC(=O)N(C)CCc1ccccn1. The van der Waals surface area contributed by atoms with Crippen LogP contribution in [0.1, 0.15) is 26.5 Å². The van der Waals surface area contributed by atoms with Crippen molar-refractivity contribution >= 4 is 13.9 Å². The van der Waals surface area contributed by atoms with Crippen molar-refractivity contribution in [3.63, 3.8) is 0 Å². The van der Waals surface area contributed by atoms with Crippen LogP contribution < -0.4 is 0 Å². The summed E-state index contributed by atoms with van der Waals surface area (Å²) in [7, 11) is -2.13. The lowest BCUT2D eigenvalue weighted by molar-refractivity contribution is -0.0535. The summed E-state index contributed by atoms with van der Waals surface area (Å²) in [6.07, 6.45) is 0.623. The minimum atomic E-state index is -3.73. The lowest BCUT2D eigenvalue weighted by Crippen LogP contribution is -2.32. The van der Waals surface area contributed by atoms with Gasteiger partial charge in [-0.15, -0.1) is 0 Å². The van der Waals surface area contributed by atoms with E-state index < -0.39 is 20.2 Å². The van der Waals surface area contributed by atoms with Crippen molar-refractivity contribution in [3.05, 3.63) is 30.1 Å². The second-order valence-electron chi connectivity index (χ2n) is 4.83. The van der Waals surface area contributed by atoms with Crippen LogP contribution >= 0.6 is 7.82 Å². The molecule has 9 heteroatoms. The highest BCUT2D eigenvalue weighted by Crippen LogP contribution is 2.50. The van der Waals surface area contributed by atoms with Gasteiger partial charge in [-0.3, -0.25) is 14.0 Å². The molecule has 1 atom stereocenters. The van der Waals surface area contributed by atoms with Crippen LogP contribution in [0.25, 0.3) is 0 Å². The lowest BCUT2D eigenvalue weighted by Gasteiger charge is -2.23. The summed E-state index contributed by atoms with van der Waals surface area (Å²) in [5.41, 5.74) is 0.874. The maximum atomic E-state index is 12.2. The number of hydrogen-bond acceptors (Lipinski definition) is 7. The van der Waals surface area contributed by atoms with Crippen LogP contribution in [0.4, 0.5) is 4.79 Å². The van der Waals surface area contributed by atoms with Crippen molar-refractivity contribution in [1.29, 1.82) is 0 Å². The van der Waals surface area contributed by atoms with E-state index in [1.54, 1.807) is 27.1 Å². The Morgan fingerprint density at radius 1 is 1.29 bits per heavy atom. The van der Waals surface area contributed by atoms with Gasteiger partial charge in [0.15, 0.2) is 0 Å². The minimum Gasteiger partial charge on any atom is -0.419 e. The Kier molecular flexibility index (Phi) is 8.92. The summed E-state index contributed by atoms with van der Waals surface area (Å²) >= 11 is 0. The molecule has 1 amide bonds. The van der Waals surface area contributed by atoms with E-state index in [9.17, 15) is 9.36 Å². The molecule has 0 radical (unpaired) electrons. The number of phosphoric acid groups is 1. The topological polar surface area (TPSA) is 87.2 Å². The smallest absolute Gasteiger partial charge is 0.419 e. The molecular weight excluding hydrogens is 335 g/mol. The zero-order valence-electron chi connectivity index (χ0n) is 14.5. The van der Waals surface area contributed by atoms with Crippen LogP contribution in [0, 0.1) is 0 Å². The van der Waals surface area contributed by atoms with E-state index in [0.717, 1.165) is 5.69 Å². The second kappa shape index (κ2) is 10.4. The molecular formula is C15H25N2O6P. The van der Waals surface area contributed by atoms with Crippen molar-refractivity contribution in [2.45, 2.75) is 33.5 Å². The standard InChI is InChI=1S/C15H25N2O6P/c1-5-20-24(19,21-6-2)23-13(3)22-15(18)17(4)12-10-14-9-7-8-11-16-14/h7-9,11,13H,5-6,10,12H2,1-4H3. The van der Waals surface area contributed by atoms with Crippen LogP contribution in [-0.2, 0) is 29.3 Å². The molecule has 1 unspecified atom stereocenters. The number of nitrogens with zero attached hydrogens (tertiary/aromatic N) is 2. The van der Waals surface area contributed by atoms with Gasteiger partial charge >= 0.3 is 13.9 Å². The van der Waals surface area contributed by atoms with E-state index >= 15 is 0 Å². The van der Waals surface area contributed by atoms with Gasteiger partial charge in [-0.1, -0.05) is 6.07 Å². The molecule has 0 fully saturated rings. The van der Waals surface area contributed by atoms with Crippen molar-refractivity contribution < 1.29 is 27.7 Å². The Morgan fingerprint density at radius 2 is 1.96 bits per heavy atom. The summed E-state index contributed by atoms with van der Waals surface area (Å²) in [5.74, 6) is 0. The van der Waals surface area contributed by atoms with E-state index in [4.69, 9.17) is 18.3 Å². The summed E-state index contributed by atoms with van der Waals surface area (Å²) in [4.78, 5) is 17.6. The number of phosphoric ester groups is 1. The summed E-state index contributed by atoms with van der Waals surface area (Å²) in [5, 5.41) is 0. The van der Waals surface area contributed by atoms with Gasteiger partial charge in [0.1, 0.15) is 0 Å². The number of ether oxygens (including phenoxy) is 1. The highest BCUT2D eigenvalue weighted by atomic mass is 31.2. The molecule has 24 heavy (non-hydrogen) atoms. The molecule has 0 aliphatic heterocycles. The number of rotatable bonds is 10. The maximum Gasteiger partial charge on any atom is 0.477 e. The van der Waals surface area contributed by atoms with Crippen LogP contribution in [0.5, 0.6) is 0 Å². The highest BCUT2D eigenvalue weighted by Gasteiger charge is 2.30. The van der Waals surface area contributed by atoms with Crippen molar-refractivity contribution in [2.75, 3.05) is 26.8 Å². The van der Waals surface area contributed by atoms with Crippen molar-refractivity contribution in [2.24, 2.45) is 0 Å². The van der Waals surface area contributed by atoms with Crippen molar-refractivity contribution in [1.82, 2.24) is 9.88 Å². The van der Waals surface area contributed by atoms with Gasteiger partial charge in [0.05, 0.1) is 13.2 Å². The van der Waals surface area contributed by atoms with Crippen LogP contribution in [0.3, 0.4) is 0 Å². The molecule has 0 bridgehead atoms. The molecule has 0 aliphatic carbocycles. The number of likely N-dealkylation sites (N-methyl/N-ethyl adjacent to an activating group) is 1. The number of hydrogen-bond donors (Lipinski definition) is 0. The Hall–Kier alpha value is -1.47. The minimum absolute atomic E-state index is 0.155. The Bertz CT molecular complexity index is 532. The van der Waals surface area contributed by atoms with Gasteiger partial charge < -0.3 is 9.64 Å². The number of aromatic nitrogens is 1. The molecule has 0 saturated carbocycles. The van der Waals surface area contributed by atoms with E-state index in [2.05, 4.69) is 4.98 Å². The van der Waals surface area contributed by atoms with Gasteiger partial charge in [0.2, 0.25) is 6.29 Å². The second-order valence-corrected chi connectivity index (χ2v) is 6.45. The zero-order chi connectivity index (χ0) is 18.0. The predicted octanol–water partition coefficient (Wildman–Crippen LogP) is 3.24. The van der Waals surface area contributed by atoms with Crippen LogP contribution in [0.2, 0.25) is 0 Å². The fraction of sp³-hybridized carbons (Fsp3) is 0.600. The average Bonchev–Trinajstić information content (AvgIpc) is 2.53. The van der Waals surface area contributed by atoms with Gasteiger partial charge in [0, 0.05) is 31.9 Å². The third-order valence-corrected chi connectivity index (χ3v) is 4.56. The third-order valence-electron chi connectivity index (χ3n) is 2.86. The largest absolute Gasteiger partial charge is 0.477 e. The van der Waals surface area contributed by atoms with E-state index in [1.165, 1.54) is 11.8 Å². The fourth-order valence-electron chi connectivity index (χ4n) is 1.77. The first-order chi connectivity index (χ1) is 11.4. The molecule has 1 aromatic heterocycles. The van der Waals surface area contributed by atoms with E-state index in [0.29, 0.717) is 13.0 Å². The highest BCUT2D eigenvalue weighted by molar-refractivity contribution is 7.48. The van der Waals surface area contributed by atoms with Crippen LogP contribution in [0.15, 0.2) is 24.4 Å². The first kappa shape index (κ1) is 20.6. The lowest BCUT2D eigenvalue weighted by atomic mass is 10.2. The summed E-state index contributed by atoms with van der Waals surface area (Å²) in [6.45, 7) is 5.52. The van der Waals surface area contributed by atoms with Gasteiger partial charge in [-0.25, -0.2) is 13.9 Å². The Morgan fingerprint density at radius 3 is 2.50 bits per heavy atom. The van der Waals surface area contributed by atoms with E-state index in [-0.39, 0.29) is 13.2 Å². The number of carbonyl (C=O) groups is 1. The number of pyridine rings is 1. The maximum absolute atomic E-state index is 12.2. The first-order valence-corrected chi connectivity index (χ1v) is 9.25. The molecule has 0 aromatic carbocycles. The quantitative estimate of drug-likeness (QED) is 0.467. The summed E-state index contributed by atoms with van der Waals surface area (Å²) in [6, 6.07) is 5.59. The molecule has 136 valence electrons. The monoisotopic (exact) mass is 360 g/mol. The number of carbonyl (C=O) groups excluding carboxylic acids is 1. The van der Waals surface area contributed by atoms with Gasteiger partial charge in [-0.2, -0.15) is 0 Å². The normalized spacial score (nSPS) is 12.7. The molecule has 1 heterocycles. The molecule has 8 nitrogen and oxygen atoms in total. The molecule has 0 N–H and O–H groups in total. The van der Waals surface area contributed by atoms with Crippen LogP contribution in [-0.4, -0.2) is 49.1 Å². The van der Waals surface area contributed by atoms with Gasteiger partial charge in [0.25, 0.3) is 0 Å². The van der Waals surface area contributed by atoms with Crippen molar-refractivity contribution in [3.8, 4) is 0 Å².